The molecule has 0 aliphatic carbocycles. The summed E-state index contributed by atoms with van der Waals surface area (Å²) in [6.07, 6.45) is 2.21. The van der Waals surface area contributed by atoms with Gasteiger partial charge in [0.15, 0.2) is 0 Å². The summed E-state index contributed by atoms with van der Waals surface area (Å²) >= 11 is 6.14. The predicted molar refractivity (Wildman–Crippen MR) is 113 cm³/mol. The maximum atomic E-state index is 12.9. The molecule has 2 saturated heterocycles. The van der Waals surface area contributed by atoms with Gasteiger partial charge in [0.05, 0.1) is 0 Å². The van der Waals surface area contributed by atoms with Crippen molar-refractivity contribution in [3.05, 3.63) is 58.9 Å². The number of benzene rings is 1. The SMILES string of the molecule is Cc1cccc(C(=O)N2CCC[C@H](N3CCN(c4cccc(Cl)c4)CC3)C2)n1. The molecule has 0 N–H and O–H groups in total. The van der Waals surface area contributed by atoms with Crippen LogP contribution in [0.3, 0.4) is 0 Å². The molecule has 6 heteroatoms. The number of piperidine rings is 1. The summed E-state index contributed by atoms with van der Waals surface area (Å²) in [4.78, 5) is 24.2. The Balaban J connectivity index is 1.36. The lowest BCUT2D eigenvalue weighted by atomic mass is 10.0. The predicted octanol–water partition coefficient (Wildman–Crippen LogP) is 3.47. The Labute approximate surface area is 171 Å². The van der Waals surface area contributed by atoms with Crippen molar-refractivity contribution in [3.63, 3.8) is 0 Å². The van der Waals surface area contributed by atoms with E-state index in [0.29, 0.717) is 11.7 Å². The highest BCUT2D eigenvalue weighted by atomic mass is 35.5. The summed E-state index contributed by atoms with van der Waals surface area (Å²) in [5.41, 5.74) is 2.64. The number of pyridine rings is 1. The first-order valence-corrected chi connectivity index (χ1v) is 10.5. The minimum absolute atomic E-state index is 0.0611. The average Bonchev–Trinajstić information content (AvgIpc) is 2.73. The normalized spacial score (nSPS) is 21.0. The minimum atomic E-state index is 0.0611. The van der Waals surface area contributed by atoms with E-state index in [1.807, 2.05) is 48.2 Å². The molecule has 28 heavy (non-hydrogen) atoms. The lowest BCUT2D eigenvalue weighted by molar-refractivity contribution is 0.0558. The van der Waals surface area contributed by atoms with Crippen molar-refractivity contribution >= 4 is 23.2 Å². The minimum Gasteiger partial charge on any atom is -0.369 e. The van der Waals surface area contributed by atoms with Gasteiger partial charge in [-0.3, -0.25) is 9.69 Å². The van der Waals surface area contributed by atoms with Crippen molar-refractivity contribution in [2.45, 2.75) is 25.8 Å². The number of carbonyl (C=O) groups is 1. The molecule has 3 heterocycles. The number of nitrogens with zero attached hydrogens (tertiary/aromatic N) is 4. The lowest BCUT2D eigenvalue weighted by Gasteiger charge is -2.44. The van der Waals surface area contributed by atoms with Crippen LogP contribution in [0.15, 0.2) is 42.5 Å². The molecule has 5 nitrogen and oxygen atoms in total. The number of anilines is 1. The van der Waals surface area contributed by atoms with Crippen molar-refractivity contribution in [2.75, 3.05) is 44.2 Å². The summed E-state index contributed by atoms with van der Waals surface area (Å²) in [5, 5.41) is 0.783. The van der Waals surface area contributed by atoms with Gasteiger partial charge in [-0.05, 0) is 50.1 Å². The van der Waals surface area contributed by atoms with Crippen LogP contribution in [-0.2, 0) is 0 Å². The van der Waals surface area contributed by atoms with Gasteiger partial charge in [-0.15, -0.1) is 0 Å². The van der Waals surface area contributed by atoms with E-state index in [-0.39, 0.29) is 5.91 Å². The van der Waals surface area contributed by atoms with E-state index in [1.54, 1.807) is 0 Å². The molecule has 0 radical (unpaired) electrons. The van der Waals surface area contributed by atoms with Crippen LogP contribution in [0.25, 0.3) is 0 Å². The van der Waals surface area contributed by atoms with Gasteiger partial charge < -0.3 is 9.80 Å². The van der Waals surface area contributed by atoms with E-state index in [1.165, 1.54) is 5.69 Å². The summed E-state index contributed by atoms with van der Waals surface area (Å²) in [6.45, 7) is 7.56. The number of piperazine rings is 1. The maximum absolute atomic E-state index is 12.9. The molecule has 0 unspecified atom stereocenters. The van der Waals surface area contributed by atoms with Gasteiger partial charge in [-0.25, -0.2) is 4.98 Å². The van der Waals surface area contributed by atoms with Crippen molar-refractivity contribution in [1.82, 2.24) is 14.8 Å². The van der Waals surface area contributed by atoms with Crippen LogP contribution < -0.4 is 4.90 Å². The van der Waals surface area contributed by atoms with Crippen molar-refractivity contribution < 1.29 is 4.79 Å². The molecule has 2 fully saturated rings. The summed E-state index contributed by atoms with van der Waals surface area (Å²) in [6, 6.07) is 14.2. The molecule has 1 aromatic carbocycles. The molecule has 1 aromatic heterocycles. The summed E-state index contributed by atoms with van der Waals surface area (Å²) < 4.78 is 0. The first-order chi connectivity index (χ1) is 13.6. The van der Waals surface area contributed by atoms with Crippen LogP contribution in [0.5, 0.6) is 0 Å². The second-order valence-corrected chi connectivity index (χ2v) is 8.15. The quantitative estimate of drug-likeness (QED) is 0.793. The van der Waals surface area contributed by atoms with Crippen LogP contribution in [0.2, 0.25) is 5.02 Å². The molecule has 1 amide bonds. The van der Waals surface area contributed by atoms with Gasteiger partial charge in [0, 0.05) is 61.7 Å². The second-order valence-electron chi connectivity index (χ2n) is 7.71. The second kappa shape index (κ2) is 8.50. The topological polar surface area (TPSA) is 39.7 Å². The number of carbonyl (C=O) groups excluding carboxylic acids is 1. The molecule has 0 bridgehead atoms. The average molecular weight is 399 g/mol. The molecule has 4 rings (SSSR count). The molecule has 2 aliphatic rings. The fourth-order valence-electron chi connectivity index (χ4n) is 4.28. The van der Waals surface area contributed by atoms with E-state index in [9.17, 15) is 4.79 Å². The number of amides is 1. The van der Waals surface area contributed by atoms with Crippen molar-refractivity contribution in [2.24, 2.45) is 0 Å². The van der Waals surface area contributed by atoms with Crippen LogP contribution in [0.1, 0.15) is 29.0 Å². The van der Waals surface area contributed by atoms with Crippen LogP contribution in [0, 0.1) is 6.92 Å². The fourth-order valence-corrected chi connectivity index (χ4v) is 4.46. The standard InChI is InChI=1S/C22H27ClN4O/c1-17-5-2-9-21(24-17)22(28)27-10-4-8-20(16-27)26-13-11-25(12-14-26)19-7-3-6-18(23)15-19/h2-3,5-7,9,15,20H,4,8,10-14,16H2,1H3/t20-/m0/s1. The third-order valence-corrected chi connectivity index (χ3v) is 6.03. The van der Waals surface area contributed by atoms with Gasteiger partial charge in [0.25, 0.3) is 5.91 Å². The Morgan fingerprint density at radius 2 is 1.86 bits per heavy atom. The monoisotopic (exact) mass is 398 g/mol. The highest BCUT2D eigenvalue weighted by Crippen LogP contribution is 2.23. The Morgan fingerprint density at radius 1 is 1.07 bits per heavy atom. The zero-order valence-corrected chi connectivity index (χ0v) is 17.1. The number of hydrogen-bond donors (Lipinski definition) is 0. The molecular formula is C22H27ClN4O. The van der Waals surface area contributed by atoms with Gasteiger partial charge in [-0.1, -0.05) is 23.7 Å². The number of halogens is 1. The highest BCUT2D eigenvalue weighted by Gasteiger charge is 2.30. The molecular weight excluding hydrogens is 372 g/mol. The van der Waals surface area contributed by atoms with Crippen molar-refractivity contribution in [3.8, 4) is 0 Å². The van der Waals surface area contributed by atoms with E-state index >= 15 is 0 Å². The molecule has 148 valence electrons. The van der Waals surface area contributed by atoms with Gasteiger partial charge in [0.2, 0.25) is 0 Å². The fraction of sp³-hybridized carbons (Fsp3) is 0.455. The number of hydrogen-bond acceptors (Lipinski definition) is 4. The number of rotatable bonds is 3. The van der Waals surface area contributed by atoms with Gasteiger partial charge in [0.1, 0.15) is 5.69 Å². The van der Waals surface area contributed by atoms with Crippen LogP contribution in [0.4, 0.5) is 5.69 Å². The number of aryl methyl sites for hydroxylation is 1. The molecule has 0 saturated carbocycles. The Hall–Kier alpha value is -2.11. The number of aromatic nitrogens is 1. The summed E-state index contributed by atoms with van der Waals surface area (Å²) in [5.74, 6) is 0.0611. The highest BCUT2D eigenvalue weighted by molar-refractivity contribution is 6.30. The van der Waals surface area contributed by atoms with E-state index in [4.69, 9.17) is 11.6 Å². The lowest BCUT2D eigenvalue weighted by Crippen LogP contribution is -2.56. The zero-order valence-electron chi connectivity index (χ0n) is 16.4. The van der Waals surface area contributed by atoms with Crippen molar-refractivity contribution in [1.29, 1.82) is 0 Å². The third-order valence-electron chi connectivity index (χ3n) is 5.80. The Bertz CT molecular complexity index is 835. The van der Waals surface area contributed by atoms with Gasteiger partial charge in [-0.2, -0.15) is 0 Å². The Kier molecular flexibility index (Phi) is 5.83. The molecule has 2 aliphatic heterocycles. The van der Waals surface area contributed by atoms with Crippen LogP contribution >= 0.6 is 11.6 Å². The largest absolute Gasteiger partial charge is 0.369 e. The zero-order chi connectivity index (χ0) is 19.5. The first-order valence-electron chi connectivity index (χ1n) is 10.1. The molecule has 0 spiro atoms. The smallest absolute Gasteiger partial charge is 0.272 e. The van der Waals surface area contributed by atoms with Crippen LogP contribution in [-0.4, -0.2) is 66.0 Å². The summed E-state index contributed by atoms with van der Waals surface area (Å²) in [7, 11) is 0. The van der Waals surface area contributed by atoms with E-state index in [0.717, 1.165) is 62.8 Å². The van der Waals surface area contributed by atoms with E-state index in [2.05, 4.69) is 20.9 Å². The first kappa shape index (κ1) is 19.2. The maximum Gasteiger partial charge on any atom is 0.272 e. The molecule has 1 atom stereocenters. The third kappa shape index (κ3) is 4.31. The Morgan fingerprint density at radius 3 is 2.61 bits per heavy atom. The number of likely N-dealkylation sites (tertiary alicyclic amines) is 1. The van der Waals surface area contributed by atoms with E-state index < -0.39 is 0 Å². The van der Waals surface area contributed by atoms with Gasteiger partial charge >= 0.3 is 0 Å². The molecule has 2 aromatic rings.